The number of hydrogen-bond acceptors (Lipinski definition) is 2. The summed E-state index contributed by atoms with van der Waals surface area (Å²) in [6.45, 7) is -2.59. The van der Waals surface area contributed by atoms with Gasteiger partial charge in [0.25, 0.3) is 0 Å². The molecular weight excluding hydrogens is 314 g/mol. The molecule has 0 aromatic heterocycles. The monoisotopic (exact) mass is 326 g/mol. The first kappa shape index (κ1) is 16.0. The Morgan fingerprint density at radius 3 is 2.55 bits per heavy atom. The summed E-state index contributed by atoms with van der Waals surface area (Å²) in [5.41, 5.74) is 1.33. The second-order valence-electron chi connectivity index (χ2n) is 4.32. The molecule has 116 valence electrons. The van der Waals surface area contributed by atoms with Gasteiger partial charge in [0.15, 0.2) is 0 Å². The molecule has 0 fully saturated rings. The van der Waals surface area contributed by atoms with Gasteiger partial charge in [-0.25, -0.2) is 4.79 Å². The third kappa shape index (κ3) is 4.89. The van der Waals surface area contributed by atoms with E-state index in [1.165, 1.54) is 18.2 Å². The van der Waals surface area contributed by atoms with E-state index >= 15 is 0 Å². The Morgan fingerprint density at radius 1 is 1.18 bits per heavy atom. The van der Waals surface area contributed by atoms with E-state index in [9.17, 15) is 13.6 Å². The quantitative estimate of drug-likeness (QED) is 0.862. The molecule has 4 nitrogen and oxygen atoms in total. The lowest BCUT2D eigenvalue weighted by Gasteiger charge is -2.10. The number of alkyl halides is 2. The van der Waals surface area contributed by atoms with Crippen LogP contribution in [0.4, 0.5) is 19.3 Å². The molecule has 0 atom stereocenters. The van der Waals surface area contributed by atoms with Gasteiger partial charge in [-0.1, -0.05) is 41.9 Å². The van der Waals surface area contributed by atoms with Crippen LogP contribution in [-0.2, 0) is 6.54 Å². The smallest absolute Gasteiger partial charge is 0.387 e. The first-order valence-electron chi connectivity index (χ1n) is 6.38. The molecule has 2 aromatic carbocycles. The second kappa shape index (κ2) is 7.61. The third-order valence-corrected chi connectivity index (χ3v) is 3.00. The van der Waals surface area contributed by atoms with Crippen molar-refractivity contribution in [3.63, 3.8) is 0 Å². The zero-order valence-corrected chi connectivity index (χ0v) is 12.1. The maximum atomic E-state index is 12.1. The van der Waals surface area contributed by atoms with Crippen LogP contribution in [0.15, 0.2) is 48.5 Å². The lowest BCUT2D eigenvalue weighted by Crippen LogP contribution is -2.28. The van der Waals surface area contributed by atoms with Crippen LogP contribution < -0.4 is 15.4 Å². The largest absolute Gasteiger partial charge is 0.433 e. The Labute approximate surface area is 131 Å². The number of urea groups is 1. The van der Waals surface area contributed by atoms with Crippen molar-refractivity contribution in [2.45, 2.75) is 13.2 Å². The number of benzene rings is 2. The molecule has 2 rings (SSSR count). The number of carbonyl (C=O) groups excluding carboxylic acids is 1. The maximum absolute atomic E-state index is 12.1. The number of amides is 2. The lowest BCUT2D eigenvalue weighted by molar-refractivity contribution is -0.0497. The van der Waals surface area contributed by atoms with E-state index in [-0.39, 0.29) is 10.8 Å². The van der Waals surface area contributed by atoms with Crippen molar-refractivity contribution in [1.82, 2.24) is 5.32 Å². The second-order valence-corrected chi connectivity index (χ2v) is 4.72. The van der Waals surface area contributed by atoms with E-state index in [1.54, 1.807) is 0 Å². The van der Waals surface area contributed by atoms with Gasteiger partial charge in [0.2, 0.25) is 0 Å². The van der Waals surface area contributed by atoms with E-state index in [1.807, 2.05) is 30.3 Å². The van der Waals surface area contributed by atoms with Gasteiger partial charge < -0.3 is 15.4 Å². The number of halogens is 3. The zero-order chi connectivity index (χ0) is 15.9. The summed E-state index contributed by atoms with van der Waals surface area (Å²) in [4.78, 5) is 11.7. The molecule has 0 bridgehead atoms. The molecule has 0 unspecified atom stereocenters. The Bertz CT molecular complexity index is 639. The molecule has 0 spiro atoms. The molecular formula is C15H13ClF2N2O2. The van der Waals surface area contributed by atoms with Gasteiger partial charge in [-0.05, 0) is 23.8 Å². The number of rotatable bonds is 5. The minimum atomic E-state index is -2.95. The van der Waals surface area contributed by atoms with E-state index in [0.29, 0.717) is 12.2 Å². The van der Waals surface area contributed by atoms with Crippen LogP contribution in [0.25, 0.3) is 0 Å². The van der Waals surface area contributed by atoms with Crippen molar-refractivity contribution < 1.29 is 18.3 Å². The van der Waals surface area contributed by atoms with Crippen molar-refractivity contribution in [3.05, 3.63) is 59.1 Å². The predicted molar refractivity (Wildman–Crippen MR) is 80.4 cm³/mol. The van der Waals surface area contributed by atoms with Crippen LogP contribution in [0.2, 0.25) is 5.02 Å². The summed E-state index contributed by atoms with van der Waals surface area (Å²) in [7, 11) is 0. The SMILES string of the molecule is O=C(NCc1ccccc1)Nc1ccc(OC(F)F)c(Cl)c1. The summed E-state index contributed by atoms with van der Waals surface area (Å²) in [5.74, 6) is -0.146. The Kier molecular flexibility index (Phi) is 5.55. The topological polar surface area (TPSA) is 50.4 Å². The van der Waals surface area contributed by atoms with Crippen molar-refractivity contribution >= 4 is 23.3 Å². The molecule has 0 saturated heterocycles. The minimum absolute atomic E-state index is 0.0128. The molecule has 7 heteroatoms. The van der Waals surface area contributed by atoms with Gasteiger partial charge in [-0.3, -0.25) is 0 Å². The van der Waals surface area contributed by atoms with E-state index in [4.69, 9.17) is 11.6 Å². The van der Waals surface area contributed by atoms with Crippen LogP contribution >= 0.6 is 11.6 Å². The molecule has 2 aromatic rings. The van der Waals surface area contributed by atoms with Gasteiger partial charge in [-0.15, -0.1) is 0 Å². The minimum Gasteiger partial charge on any atom is -0.433 e. The first-order chi connectivity index (χ1) is 10.5. The predicted octanol–water partition coefficient (Wildman–Crippen LogP) is 4.26. The van der Waals surface area contributed by atoms with E-state index < -0.39 is 12.6 Å². The summed E-state index contributed by atoms with van der Waals surface area (Å²) in [6.07, 6.45) is 0. The summed E-state index contributed by atoms with van der Waals surface area (Å²) in [6, 6.07) is 13.0. The molecule has 0 aliphatic heterocycles. The molecule has 0 heterocycles. The summed E-state index contributed by atoms with van der Waals surface area (Å²) in [5, 5.41) is 5.21. The lowest BCUT2D eigenvalue weighted by atomic mass is 10.2. The molecule has 22 heavy (non-hydrogen) atoms. The summed E-state index contributed by atoms with van der Waals surface area (Å²) < 4.78 is 28.4. The van der Waals surface area contributed by atoms with Gasteiger partial charge in [0.1, 0.15) is 5.75 Å². The first-order valence-corrected chi connectivity index (χ1v) is 6.75. The van der Waals surface area contributed by atoms with Crippen molar-refractivity contribution in [3.8, 4) is 5.75 Å². The molecule has 0 radical (unpaired) electrons. The fraction of sp³-hybridized carbons (Fsp3) is 0.133. The highest BCUT2D eigenvalue weighted by Gasteiger charge is 2.10. The third-order valence-electron chi connectivity index (χ3n) is 2.70. The van der Waals surface area contributed by atoms with Crippen molar-refractivity contribution in [2.24, 2.45) is 0 Å². The average Bonchev–Trinajstić information content (AvgIpc) is 2.49. The number of anilines is 1. The van der Waals surface area contributed by atoms with Crippen molar-refractivity contribution in [1.29, 1.82) is 0 Å². The van der Waals surface area contributed by atoms with Gasteiger partial charge in [0, 0.05) is 12.2 Å². The normalized spacial score (nSPS) is 10.4. The van der Waals surface area contributed by atoms with Crippen LogP contribution in [0.3, 0.4) is 0 Å². The standard InChI is InChI=1S/C15H13ClF2N2O2/c16-12-8-11(6-7-13(12)22-14(17)18)20-15(21)19-9-10-4-2-1-3-5-10/h1-8,14H,9H2,(H2,19,20,21). The fourth-order valence-electron chi connectivity index (χ4n) is 1.72. The van der Waals surface area contributed by atoms with Gasteiger partial charge >= 0.3 is 12.6 Å². The van der Waals surface area contributed by atoms with Crippen LogP contribution in [0, 0.1) is 0 Å². The van der Waals surface area contributed by atoms with Crippen LogP contribution in [0.5, 0.6) is 5.75 Å². The van der Waals surface area contributed by atoms with Gasteiger partial charge in [0.05, 0.1) is 5.02 Å². The summed E-state index contributed by atoms with van der Waals surface area (Å²) >= 11 is 5.80. The van der Waals surface area contributed by atoms with Crippen molar-refractivity contribution in [2.75, 3.05) is 5.32 Å². The highest BCUT2D eigenvalue weighted by atomic mass is 35.5. The fourth-order valence-corrected chi connectivity index (χ4v) is 1.95. The van der Waals surface area contributed by atoms with E-state index in [0.717, 1.165) is 5.56 Å². The number of hydrogen-bond donors (Lipinski definition) is 2. The molecule has 2 amide bonds. The zero-order valence-electron chi connectivity index (χ0n) is 11.4. The number of nitrogens with one attached hydrogen (secondary N) is 2. The molecule has 0 saturated carbocycles. The molecule has 0 aliphatic rings. The highest BCUT2D eigenvalue weighted by molar-refractivity contribution is 6.32. The Morgan fingerprint density at radius 2 is 1.91 bits per heavy atom. The average molecular weight is 327 g/mol. The Balaban J connectivity index is 1.90. The Hall–Kier alpha value is -2.34. The van der Waals surface area contributed by atoms with Crippen LogP contribution in [-0.4, -0.2) is 12.6 Å². The van der Waals surface area contributed by atoms with Gasteiger partial charge in [-0.2, -0.15) is 8.78 Å². The van der Waals surface area contributed by atoms with E-state index in [2.05, 4.69) is 15.4 Å². The molecule has 0 aliphatic carbocycles. The number of carbonyl (C=O) groups is 1. The van der Waals surface area contributed by atoms with Crippen LogP contribution in [0.1, 0.15) is 5.56 Å². The number of ether oxygens (including phenoxy) is 1. The maximum Gasteiger partial charge on any atom is 0.387 e. The highest BCUT2D eigenvalue weighted by Crippen LogP contribution is 2.28. The molecule has 2 N–H and O–H groups in total.